The number of benzene rings is 1. The molecule has 1 aliphatic rings. The van der Waals surface area contributed by atoms with Gasteiger partial charge in [0, 0.05) is 6.07 Å². The highest BCUT2D eigenvalue weighted by atomic mass is 32.1. The summed E-state index contributed by atoms with van der Waals surface area (Å²) < 4.78 is 0. The molecular formula is C9H9N5O2S. The van der Waals surface area contributed by atoms with Crippen LogP contribution in [0.15, 0.2) is 29.3 Å². The molecule has 1 aromatic rings. The van der Waals surface area contributed by atoms with Gasteiger partial charge in [0.2, 0.25) is 0 Å². The highest BCUT2D eigenvalue weighted by Gasteiger charge is 2.24. The van der Waals surface area contributed by atoms with Gasteiger partial charge in [0.05, 0.1) is 10.5 Å². The maximum atomic E-state index is 10.9. The van der Waals surface area contributed by atoms with Gasteiger partial charge in [-0.15, -0.1) is 0 Å². The summed E-state index contributed by atoms with van der Waals surface area (Å²) in [6.45, 7) is 0. The largest absolute Gasteiger partial charge is 0.370 e. The number of nitro benzene ring substituents is 1. The lowest BCUT2D eigenvalue weighted by molar-refractivity contribution is -0.385. The average Bonchev–Trinajstić information content (AvgIpc) is 2.27. The summed E-state index contributed by atoms with van der Waals surface area (Å²) >= 11 is 4.92. The van der Waals surface area contributed by atoms with Crippen molar-refractivity contribution in [3.63, 3.8) is 0 Å². The van der Waals surface area contributed by atoms with E-state index in [1.54, 1.807) is 18.2 Å². The van der Waals surface area contributed by atoms with Crippen molar-refractivity contribution < 1.29 is 4.92 Å². The molecule has 0 radical (unpaired) electrons. The van der Waals surface area contributed by atoms with Crippen LogP contribution in [0.5, 0.6) is 0 Å². The standard InChI is InChI=1S/C9H9N5O2S/c10-8-11-7(12-9(17)13-8)5-3-1-2-4-6(5)14(15)16/h1-4,7H,(H4,10,11,12,13,17)/t7-/m0/s1. The average molecular weight is 251 g/mol. The summed E-state index contributed by atoms with van der Waals surface area (Å²) in [5.41, 5.74) is 5.92. The summed E-state index contributed by atoms with van der Waals surface area (Å²) in [4.78, 5) is 14.4. The molecule has 0 spiro atoms. The number of hydrogen-bond acceptors (Lipinski definition) is 5. The summed E-state index contributed by atoms with van der Waals surface area (Å²) in [5.74, 6) is 0.136. The second kappa shape index (κ2) is 4.34. The fourth-order valence-corrected chi connectivity index (χ4v) is 1.73. The van der Waals surface area contributed by atoms with Crippen molar-refractivity contribution in [1.82, 2.24) is 10.6 Å². The van der Waals surface area contributed by atoms with E-state index in [9.17, 15) is 10.1 Å². The van der Waals surface area contributed by atoms with Crippen LogP contribution >= 0.6 is 12.2 Å². The number of nitrogens with one attached hydrogen (secondary N) is 2. The summed E-state index contributed by atoms with van der Waals surface area (Å²) in [6.07, 6.45) is -0.634. The highest BCUT2D eigenvalue weighted by Crippen LogP contribution is 2.26. The Bertz CT molecular complexity index is 516. The fraction of sp³-hybridized carbons (Fsp3) is 0.111. The number of hydrogen-bond donors (Lipinski definition) is 3. The van der Waals surface area contributed by atoms with E-state index in [1.165, 1.54) is 6.07 Å². The smallest absolute Gasteiger partial charge is 0.276 e. The summed E-state index contributed by atoms with van der Waals surface area (Å²) in [5, 5.41) is 16.6. The zero-order chi connectivity index (χ0) is 12.4. The molecule has 1 aliphatic heterocycles. The van der Waals surface area contributed by atoms with Crippen LogP contribution < -0.4 is 16.4 Å². The zero-order valence-corrected chi connectivity index (χ0v) is 9.40. The van der Waals surface area contributed by atoms with Gasteiger partial charge in [-0.2, -0.15) is 0 Å². The second-order valence-electron chi connectivity index (χ2n) is 3.33. The lowest BCUT2D eigenvalue weighted by Crippen LogP contribution is -2.49. The van der Waals surface area contributed by atoms with Gasteiger partial charge >= 0.3 is 0 Å². The molecule has 0 saturated carbocycles. The van der Waals surface area contributed by atoms with E-state index in [-0.39, 0.29) is 11.6 Å². The first-order chi connectivity index (χ1) is 8.08. The number of guanidine groups is 1. The Labute approximate surface area is 102 Å². The van der Waals surface area contributed by atoms with Gasteiger partial charge in [0.1, 0.15) is 0 Å². The molecule has 2 rings (SSSR count). The van der Waals surface area contributed by atoms with Crippen LogP contribution in [-0.2, 0) is 0 Å². The Morgan fingerprint density at radius 3 is 2.82 bits per heavy atom. The van der Waals surface area contributed by atoms with E-state index < -0.39 is 11.1 Å². The second-order valence-corrected chi connectivity index (χ2v) is 3.74. The molecule has 4 N–H and O–H groups in total. The maximum absolute atomic E-state index is 10.9. The van der Waals surface area contributed by atoms with Crippen molar-refractivity contribution in [2.45, 2.75) is 6.17 Å². The van der Waals surface area contributed by atoms with Crippen LogP contribution in [0.4, 0.5) is 5.69 Å². The van der Waals surface area contributed by atoms with Crippen LogP contribution in [0.1, 0.15) is 11.7 Å². The third-order valence-corrected chi connectivity index (χ3v) is 2.43. The molecule has 1 atom stereocenters. The van der Waals surface area contributed by atoms with Gasteiger partial charge in [-0.3, -0.25) is 10.1 Å². The molecule has 7 nitrogen and oxygen atoms in total. The first-order valence-electron chi connectivity index (χ1n) is 4.72. The quantitative estimate of drug-likeness (QED) is 0.399. The lowest BCUT2D eigenvalue weighted by Gasteiger charge is -2.22. The Kier molecular flexibility index (Phi) is 2.88. The lowest BCUT2D eigenvalue weighted by atomic mass is 10.1. The van der Waals surface area contributed by atoms with Crippen molar-refractivity contribution >= 4 is 29.0 Å². The fourth-order valence-electron chi connectivity index (χ4n) is 1.51. The predicted molar refractivity (Wildman–Crippen MR) is 66.3 cm³/mol. The van der Waals surface area contributed by atoms with Crippen molar-refractivity contribution in [3.8, 4) is 0 Å². The first-order valence-corrected chi connectivity index (χ1v) is 5.13. The molecule has 0 bridgehead atoms. The molecule has 0 saturated heterocycles. The minimum atomic E-state index is -0.634. The molecule has 1 heterocycles. The van der Waals surface area contributed by atoms with E-state index in [0.717, 1.165) is 0 Å². The number of aliphatic imine (C=N–C) groups is 1. The molecule has 0 unspecified atom stereocenters. The number of nitrogens with two attached hydrogens (primary N) is 1. The molecule has 0 aromatic heterocycles. The van der Waals surface area contributed by atoms with Gasteiger partial charge < -0.3 is 16.4 Å². The van der Waals surface area contributed by atoms with Crippen LogP contribution in [0.3, 0.4) is 0 Å². The third-order valence-electron chi connectivity index (χ3n) is 2.21. The Hall–Kier alpha value is -2.22. The zero-order valence-electron chi connectivity index (χ0n) is 8.58. The first kappa shape index (κ1) is 11.3. The molecule has 0 amide bonds. The SMILES string of the molecule is NC1=N[C@H](c2ccccc2[N+](=O)[O-])NC(=S)N1. The molecule has 1 aromatic carbocycles. The molecule has 17 heavy (non-hydrogen) atoms. The van der Waals surface area contributed by atoms with Crippen molar-refractivity contribution in [3.05, 3.63) is 39.9 Å². The highest BCUT2D eigenvalue weighted by molar-refractivity contribution is 7.80. The number of nitrogens with zero attached hydrogens (tertiary/aromatic N) is 2. The third kappa shape index (κ3) is 2.31. The van der Waals surface area contributed by atoms with Crippen molar-refractivity contribution in [2.24, 2.45) is 10.7 Å². The van der Waals surface area contributed by atoms with Crippen LogP contribution in [0, 0.1) is 10.1 Å². The van der Waals surface area contributed by atoms with Crippen molar-refractivity contribution in [1.29, 1.82) is 0 Å². The van der Waals surface area contributed by atoms with Crippen LogP contribution in [0.25, 0.3) is 0 Å². The number of thiocarbonyl (C=S) groups is 1. The molecule has 0 aliphatic carbocycles. The van der Waals surface area contributed by atoms with Gasteiger partial charge in [-0.25, -0.2) is 4.99 Å². The molecule has 0 fully saturated rings. The number of rotatable bonds is 2. The monoisotopic (exact) mass is 251 g/mol. The van der Waals surface area contributed by atoms with E-state index in [4.69, 9.17) is 18.0 Å². The van der Waals surface area contributed by atoms with E-state index in [2.05, 4.69) is 15.6 Å². The van der Waals surface area contributed by atoms with E-state index in [1.807, 2.05) is 0 Å². The van der Waals surface area contributed by atoms with E-state index in [0.29, 0.717) is 10.7 Å². The minimum Gasteiger partial charge on any atom is -0.370 e. The summed E-state index contributed by atoms with van der Waals surface area (Å²) in [7, 11) is 0. The number of nitro groups is 1. The Morgan fingerprint density at radius 1 is 1.47 bits per heavy atom. The van der Waals surface area contributed by atoms with Gasteiger partial charge in [0.15, 0.2) is 17.2 Å². The van der Waals surface area contributed by atoms with Gasteiger partial charge in [0.25, 0.3) is 5.69 Å². The van der Waals surface area contributed by atoms with Crippen LogP contribution in [-0.4, -0.2) is 16.0 Å². The van der Waals surface area contributed by atoms with Gasteiger partial charge in [-0.1, -0.05) is 12.1 Å². The Morgan fingerprint density at radius 2 is 2.18 bits per heavy atom. The molecule has 88 valence electrons. The predicted octanol–water partition coefficient (Wildman–Crippen LogP) is 0.386. The van der Waals surface area contributed by atoms with Crippen LogP contribution in [0.2, 0.25) is 0 Å². The van der Waals surface area contributed by atoms with Crippen molar-refractivity contribution in [2.75, 3.05) is 0 Å². The molecular weight excluding hydrogens is 242 g/mol. The topological polar surface area (TPSA) is 106 Å². The number of para-hydroxylation sites is 1. The van der Waals surface area contributed by atoms with E-state index >= 15 is 0 Å². The summed E-state index contributed by atoms with van der Waals surface area (Å²) in [6, 6.07) is 6.31. The molecule has 8 heteroatoms. The van der Waals surface area contributed by atoms with Gasteiger partial charge in [-0.05, 0) is 18.3 Å². The normalized spacial score (nSPS) is 18.9. The maximum Gasteiger partial charge on any atom is 0.276 e. The minimum absolute atomic E-state index is 0.0220. The Balaban J connectivity index is 2.43.